The first kappa shape index (κ1) is 19.5. The maximum atomic E-state index is 11.8. The van der Waals surface area contributed by atoms with Gasteiger partial charge in [0.1, 0.15) is 5.60 Å². The van der Waals surface area contributed by atoms with E-state index in [1.165, 1.54) is 0 Å². The summed E-state index contributed by atoms with van der Waals surface area (Å²) in [6.45, 7) is 12.6. The monoisotopic (exact) mass is 328 g/mol. The average Bonchev–Trinajstić information content (AvgIpc) is 2.89. The van der Waals surface area contributed by atoms with Gasteiger partial charge in [0.2, 0.25) is 0 Å². The number of nitrogens with one attached hydrogen (secondary N) is 2. The lowest BCUT2D eigenvalue weighted by molar-refractivity contribution is 0.0507. The summed E-state index contributed by atoms with van der Waals surface area (Å²) < 4.78 is 5.29. The lowest BCUT2D eigenvalue weighted by atomic mass is 10.2. The predicted molar refractivity (Wildman–Crippen MR) is 91.6 cm³/mol. The van der Waals surface area contributed by atoms with E-state index < -0.39 is 5.60 Å². The summed E-state index contributed by atoms with van der Waals surface area (Å²) in [4.78, 5) is 18.5. The highest BCUT2D eigenvalue weighted by Crippen LogP contribution is 2.12. The number of carbonyl (C=O) groups excluding carboxylic acids is 1. The maximum Gasteiger partial charge on any atom is 0.407 e. The molecule has 0 aromatic heterocycles. The van der Waals surface area contributed by atoms with E-state index >= 15 is 0 Å². The number of nitrogens with zero attached hydrogens (tertiary/aromatic N) is 2. The molecule has 1 rings (SSSR count). The molecule has 23 heavy (non-hydrogen) atoms. The minimum Gasteiger partial charge on any atom is -0.444 e. The van der Waals surface area contributed by atoms with Crippen LogP contribution in [0.25, 0.3) is 0 Å². The molecule has 0 spiro atoms. The fraction of sp³-hybridized carbons (Fsp3) is 0.875. The van der Waals surface area contributed by atoms with Crippen LogP contribution >= 0.6 is 0 Å². The largest absolute Gasteiger partial charge is 0.444 e. The number of alkyl carbamates (subject to hydrolysis) is 1. The van der Waals surface area contributed by atoms with Gasteiger partial charge in [-0.25, -0.2) is 4.79 Å². The molecule has 1 amide bonds. The van der Waals surface area contributed by atoms with Crippen LogP contribution in [0.2, 0.25) is 0 Å². The van der Waals surface area contributed by atoms with Gasteiger partial charge in [0.25, 0.3) is 0 Å². The van der Waals surface area contributed by atoms with Crippen molar-refractivity contribution >= 4 is 12.1 Å². The van der Waals surface area contributed by atoms with E-state index in [0.29, 0.717) is 13.1 Å². The second-order valence-corrected chi connectivity index (χ2v) is 7.06. The number of aliphatic hydroxyl groups excluding tert-OH is 1. The molecule has 1 heterocycles. The molecule has 0 saturated carbocycles. The minimum atomic E-state index is -0.487. The highest BCUT2D eigenvalue weighted by molar-refractivity contribution is 5.80. The predicted octanol–water partition coefficient (Wildman–Crippen LogP) is 1.18. The van der Waals surface area contributed by atoms with Gasteiger partial charge in [-0.2, -0.15) is 0 Å². The van der Waals surface area contributed by atoms with Crippen molar-refractivity contribution in [3.63, 3.8) is 0 Å². The van der Waals surface area contributed by atoms with Crippen LogP contribution in [0.15, 0.2) is 4.99 Å². The summed E-state index contributed by atoms with van der Waals surface area (Å²) in [7, 11) is 0. The van der Waals surface area contributed by atoms with Gasteiger partial charge in [-0.05, 0) is 40.0 Å². The summed E-state index contributed by atoms with van der Waals surface area (Å²) in [6, 6.07) is 0.0592. The van der Waals surface area contributed by atoms with E-state index in [9.17, 15) is 4.79 Å². The van der Waals surface area contributed by atoms with Gasteiger partial charge in [-0.15, -0.1) is 0 Å². The molecule has 1 aliphatic rings. The summed E-state index contributed by atoms with van der Waals surface area (Å²) in [6.07, 6.45) is 0.486. The molecule has 134 valence electrons. The Morgan fingerprint density at radius 2 is 2.17 bits per heavy atom. The van der Waals surface area contributed by atoms with Gasteiger partial charge < -0.3 is 25.4 Å². The van der Waals surface area contributed by atoms with E-state index in [0.717, 1.165) is 25.5 Å². The lowest BCUT2D eigenvalue weighted by Crippen LogP contribution is -2.44. The zero-order chi connectivity index (χ0) is 17.5. The molecule has 1 aliphatic heterocycles. The first-order valence-electron chi connectivity index (χ1n) is 8.38. The van der Waals surface area contributed by atoms with Crippen molar-refractivity contribution in [3.05, 3.63) is 0 Å². The van der Waals surface area contributed by atoms with Gasteiger partial charge in [-0.3, -0.25) is 4.99 Å². The van der Waals surface area contributed by atoms with Crippen LogP contribution in [0.3, 0.4) is 0 Å². The zero-order valence-electron chi connectivity index (χ0n) is 15.1. The van der Waals surface area contributed by atoms with Crippen LogP contribution in [-0.2, 0) is 4.74 Å². The van der Waals surface area contributed by atoms with Gasteiger partial charge in [0.15, 0.2) is 5.96 Å². The van der Waals surface area contributed by atoms with E-state index in [-0.39, 0.29) is 24.7 Å². The van der Waals surface area contributed by atoms with Gasteiger partial charge >= 0.3 is 6.09 Å². The molecule has 2 atom stereocenters. The number of guanidine groups is 1. The number of rotatable bonds is 5. The molecule has 0 aromatic rings. The molecule has 0 radical (unpaired) electrons. The Balaban J connectivity index is 2.53. The number of amides is 1. The van der Waals surface area contributed by atoms with Crippen LogP contribution in [0.4, 0.5) is 4.79 Å². The number of aliphatic imine (C=N–C) groups is 1. The number of ether oxygens (including phenoxy) is 1. The number of hydrogen-bond donors (Lipinski definition) is 3. The third-order valence-electron chi connectivity index (χ3n) is 3.41. The lowest BCUT2D eigenvalue weighted by Gasteiger charge is -2.23. The Bertz CT molecular complexity index is 407. The van der Waals surface area contributed by atoms with Crippen LogP contribution < -0.4 is 10.6 Å². The average molecular weight is 328 g/mol. The van der Waals surface area contributed by atoms with E-state index in [4.69, 9.17) is 9.84 Å². The molecular formula is C16H32N4O3. The number of aliphatic hydroxyl groups is 1. The minimum absolute atomic E-state index is 0.0592. The van der Waals surface area contributed by atoms with E-state index in [2.05, 4.69) is 20.5 Å². The second kappa shape index (κ2) is 8.96. The van der Waals surface area contributed by atoms with Gasteiger partial charge in [0.05, 0.1) is 6.04 Å². The van der Waals surface area contributed by atoms with Gasteiger partial charge in [-0.1, -0.05) is 6.92 Å². The van der Waals surface area contributed by atoms with Crippen molar-refractivity contribution in [3.8, 4) is 0 Å². The van der Waals surface area contributed by atoms with E-state index in [1.807, 2.05) is 34.6 Å². The number of hydrogen-bond acceptors (Lipinski definition) is 4. The van der Waals surface area contributed by atoms with Crippen LogP contribution in [0.1, 0.15) is 41.0 Å². The molecule has 3 N–H and O–H groups in total. The Morgan fingerprint density at radius 3 is 2.74 bits per heavy atom. The highest BCUT2D eigenvalue weighted by atomic mass is 16.6. The van der Waals surface area contributed by atoms with Crippen molar-refractivity contribution in [2.24, 2.45) is 10.9 Å². The molecule has 1 saturated heterocycles. The summed E-state index contributed by atoms with van der Waals surface area (Å²) in [5.74, 6) is 0.975. The standard InChI is InChI=1S/C16H32N4O3/c1-6-17-14(18-9-12(2)11-21)20-8-7-13(10-20)19-15(22)23-16(3,4)5/h12-13,21H,6-11H2,1-5H3,(H,17,18)(H,19,22). The second-order valence-electron chi connectivity index (χ2n) is 7.06. The quantitative estimate of drug-likeness (QED) is 0.521. The molecular weight excluding hydrogens is 296 g/mol. The Hall–Kier alpha value is -1.50. The topological polar surface area (TPSA) is 86.2 Å². The van der Waals surface area contributed by atoms with Crippen molar-refractivity contribution in [2.45, 2.75) is 52.7 Å². The molecule has 1 fully saturated rings. The van der Waals surface area contributed by atoms with E-state index in [1.54, 1.807) is 0 Å². The van der Waals surface area contributed by atoms with Gasteiger partial charge in [0, 0.05) is 32.8 Å². The molecule has 2 unspecified atom stereocenters. The van der Waals surface area contributed by atoms with Crippen LogP contribution in [0.5, 0.6) is 0 Å². The molecule has 0 aromatic carbocycles. The Morgan fingerprint density at radius 1 is 1.48 bits per heavy atom. The number of likely N-dealkylation sites (tertiary alicyclic amines) is 1. The molecule has 7 heteroatoms. The number of carbonyl (C=O) groups is 1. The fourth-order valence-corrected chi connectivity index (χ4v) is 2.27. The SMILES string of the molecule is CCNC(=NCC(C)CO)N1CCC(NC(=O)OC(C)(C)C)C1. The normalized spacial score (nSPS) is 20.3. The van der Waals surface area contributed by atoms with Crippen molar-refractivity contribution in [2.75, 3.05) is 32.8 Å². The summed E-state index contributed by atoms with van der Waals surface area (Å²) >= 11 is 0. The zero-order valence-corrected chi connectivity index (χ0v) is 15.1. The first-order valence-corrected chi connectivity index (χ1v) is 8.38. The maximum absolute atomic E-state index is 11.8. The Labute approximate surface area is 139 Å². The third kappa shape index (κ3) is 7.54. The fourth-order valence-electron chi connectivity index (χ4n) is 2.27. The molecule has 0 aliphatic carbocycles. The first-order chi connectivity index (χ1) is 10.7. The van der Waals surface area contributed by atoms with Crippen molar-refractivity contribution in [1.29, 1.82) is 0 Å². The Kier molecular flexibility index (Phi) is 7.61. The van der Waals surface area contributed by atoms with Crippen LogP contribution in [0, 0.1) is 5.92 Å². The molecule has 7 nitrogen and oxygen atoms in total. The van der Waals surface area contributed by atoms with Crippen molar-refractivity contribution in [1.82, 2.24) is 15.5 Å². The smallest absolute Gasteiger partial charge is 0.407 e. The van der Waals surface area contributed by atoms with Crippen molar-refractivity contribution < 1.29 is 14.6 Å². The molecule has 0 bridgehead atoms. The highest BCUT2D eigenvalue weighted by Gasteiger charge is 2.27. The summed E-state index contributed by atoms with van der Waals surface area (Å²) in [5.41, 5.74) is -0.487. The van der Waals surface area contributed by atoms with Crippen LogP contribution in [-0.4, -0.2) is 66.5 Å². The third-order valence-corrected chi connectivity index (χ3v) is 3.41. The summed E-state index contributed by atoms with van der Waals surface area (Å²) in [5, 5.41) is 15.3.